The van der Waals surface area contributed by atoms with Crippen LogP contribution >= 0.6 is 11.3 Å². The van der Waals surface area contributed by atoms with Gasteiger partial charge in [-0.15, -0.1) is 11.3 Å². The Hall–Kier alpha value is -3.42. The molecule has 1 fully saturated rings. The maximum absolute atomic E-state index is 14.0. The van der Waals surface area contributed by atoms with Gasteiger partial charge in [-0.05, 0) is 41.0 Å². The highest BCUT2D eigenvalue weighted by Crippen LogP contribution is 2.39. The summed E-state index contributed by atoms with van der Waals surface area (Å²) in [5.74, 6) is -1.45. The highest BCUT2D eigenvalue weighted by molar-refractivity contribution is 7.10. The Labute approximate surface area is 225 Å². The number of carbonyl (C=O) groups excluding carboxylic acids is 2. The van der Waals surface area contributed by atoms with Gasteiger partial charge >= 0.3 is 6.18 Å². The number of rotatable bonds is 5. The molecule has 39 heavy (non-hydrogen) atoms. The van der Waals surface area contributed by atoms with E-state index in [1.54, 1.807) is 22.3 Å². The number of hydrogen-bond donors (Lipinski definition) is 1. The van der Waals surface area contributed by atoms with Crippen LogP contribution in [-0.2, 0) is 34.3 Å². The summed E-state index contributed by atoms with van der Waals surface area (Å²) in [5, 5.41) is 5.90. The molecule has 4 atom stereocenters. The second-order valence-electron chi connectivity index (χ2n) is 9.96. The zero-order chi connectivity index (χ0) is 27.5. The quantitative estimate of drug-likeness (QED) is 0.480. The second-order valence-corrected chi connectivity index (χ2v) is 11.0. The molecule has 0 radical (unpaired) electrons. The van der Waals surface area contributed by atoms with Crippen molar-refractivity contribution in [1.29, 1.82) is 0 Å². The number of hydrogen-bond acceptors (Lipinski definition) is 7. The van der Waals surface area contributed by atoms with Crippen molar-refractivity contribution in [3.63, 3.8) is 0 Å². The Morgan fingerprint density at radius 3 is 2.74 bits per heavy atom. The first-order chi connectivity index (χ1) is 18.6. The van der Waals surface area contributed by atoms with Gasteiger partial charge in [0.05, 0.1) is 23.5 Å². The number of carbonyl (C=O) groups is 2. The predicted octanol–water partition coefficient (Wildman–Crippen LogP) is 3.00. The van der Waals surface area contributed by atoms with Crippen LogP contribution in [0.5, 0.6) is 5.75 Å². The van der Waals surface area contributed by atoms with E-state index >= 15 is 0 Å². The number of benzene rings is 1. The van der Waals surface area contributed by atoms with Gasteiger partial charge in [0.1, 0.15) is 18.9 Å². The summed E-state index contributed by atoms with van der Waals surface area (Å²) in [6.45, 7) is -1.56. The molecule has 2 aromatic heterocycles. The van der Waals surface area contributed by atoms with Crippen LogP contribution in [0, 0.1) is 0 Å². The zero-order valence-corrected chi connectivity index (χ0v) is 21.7. The van der Waals surface area contributed by atoms with E-state index in [-0.39, 0.29) is 12.5 Å². The van der Waals surface area contributed by atoms with Crippen LogP contribution in [0.3, 0.4) is 0 Å². The first-order valence-electron chi connectivity index (χ1n) is 12.5. The van der Waals surface area contributed by atoms with Gasteiger partial charge in [-0.1, -0.05) is 18.2 Å². The van der Waals surface area contributed by atoms with Gasteiger partial charge in [-0.3, -0.25) is 14.3 Å². The van der Waals surface area contributed by atoms with Gasteiger partial charge in [-0.2, -0.15) is 18.3 Å². The third-order valence-corrected chi connectivity index (χ3v) is 8.33. The minimum atomic E-state index is -4.71. The Bertz CT molecular complexity index is 1420. The van der Waals surface area contributed by atoms with Gasteiger partial charge in [-0.25, -0.2) is 0 Å². The van der Waals surface area contributed by atoms with Crippen LogP contribution in [-0.4, -0.2) is 69.2 Å². The molecular formula is C26H26F3N5O4S. The summed E-state index contributed by atoms with van der Waals surface area (Å²) in [6, 6.07) is 5.28. The number of aryl methyl sites for hydroxylation is 2. The highest BCUT2D eigenvalue weighted by Gasteiger charge is 2.50. The molecule has 0 spiro atoms. The molecule has 1 aromatic carbocycles. The van der Waals surface area contributed by atoms with E-state index in [1.165, 1.54) is 16.2 Å². The number of ether oxygens (including phenoxy) is 2. The molecule has 2 amide bonds. The molecular weight excluding hydrogens is 535 g/mol. The van der Waals surface area contributed by atoms with E-state index in [4.69, 9.17) is 15.2 Å². The Morgan fingerprint density at radius 2 is 2.05 bits per heavy atom. The summed E-state index contributed by atoms with van der Waals surface area (Å²) in [6.07, 6.45) is -1.55. The molecule has 13 heteroatoms. The van der Waals surface area contributed by atoms with Crippen molar-refractivity contribution in [3.8, 4) is 16.9 Å². The molecule has 6 rings (SSSR count). The van der Waals surface area contributed by atoms with Crippen molar-refractivity contribution in [1.82, 2.24) is 19.6 Å². The maximum Gasteiger partial charge on any atom is 0.412 e. The molecule has 2 unspecified atom stereocenters. The summed E-state index contributed by atoms with van der Waals surface area (Å²) in [5.41, 5.74) is 9.63. The Balaban J connectivity index is 1.24. The number of aromatic nitrogens is 2. The van der Waals surface area contributed by atoms with Crippen molar-refractivity contribution in [2.24, 2.45) is 12.8 Å². The summed E-state index contributed by atoms with van der Waals surface area (Å²) in [7, 11) is 1.83. The molecule has 3 aromatic rings. The van der Waals surface area contributed by atoms with Crippen molar-refractivity contribution < 1.29 is 32.2 Å². The monoisotopic (exact) mass is 561 g/mol. The molecule has 1 saturated heterocycles. The Kier molecular flexibility index (Phi) is 6.39. The van der Waals surface area contributed by atoms with E-state index in [1.807, 2.05) is 31.4 Å². The zero-order valence-electron chi connectivity index (χ0n) is 20.9. The summed E-state index contributed by atoms with van der Waals surface area (Å²) in [4.78, 5) is 29.7. The SMILES string of the molecule is Cn1cc(-c2ccc3c(c2)CC[C@@H]3C(=O)N(CC(=O)N2Cc3sccc3OC[C@H]2C(F)(F)F)C2OC2N)cn1. The summed E-state index contributed by atoms with van der Waals surface area (Å²) < 4.78 is 54.3. The number of epoxide rings is 1. The van der Waals surface area contributed by atoms with Crippen LogP contribution in [0.1, 0.15) is 28.3 Å². The minimum Gasteiger partial charge on any atom is -0.490 e. The number of halogens is 3. The fraction of sp³-hybridized carbons (Fsp3) is 0.423. The van der Waals surface area contributed by atoms with Gasteiger partial charge in [0.15, 0.2) is 18.5 Å². The first-order valence-corrected chi connectivity index (χ1v) is 13.4. The lowest BCUT2D eigenvalue weighted by Gasteiger charge is -2.33. The number of alkyl halides is 3. The van der Waals surface area contributed by atoms with E-state index in [9.17, 15) is 22.8 Å². The molecule has 9 nitrogen and oxygen atoms in total. The van der Waals surface area contributed by atoms with Crippen molar-refractivity contribution >= 4 is 23.2 Å². The van der Waals surface area contributed by atoms with Crippen molar-refractivity contribution in [2.45, 2.75) is 50.0 Å². The van der Waals surface area contributed by atoms with Crippen molar-refractivity contribution in [2.75, 3.05) is 13.2 Å². The van der Waals surface area contributed by atoms with Crippen LogP contribution < -0.4 is 10.5 Å². The second kappa shape index (κ2) is 9.65. The van der Waals surface area contributed by atoms with E-state index in [2.05, 4.69) is 5.10 Å². The standard InChI is InChI=1S/C26H26F3N5O4S/c1-32-10-16(9-31-32)14-2-4-17-15(8-14)3-5-18(17)24(36)34(25-23(30)38-25)12-22(35)33-11-20-19(6-7-39-20)37-13-21(33)26(27,28)29/h2,4,6-10,18,21,23,25H,3,5,11-13,30H2,1H3/t18-,21-,23?,25?/m0/s1. The third-order valence-electron chi connectivity index (χ3n) is 7.44. The lowest BCUT2D eigenvalue weighted by atomic mass is 9.97. The lowest BCUT2D eigenvalue weighted by Crippen LogP contribution is -2.54. The fourth-order valence-corrected chi connectivity index (χ4v) is 6.16. The molecule has 0 bridgehead atoms. The van der Waals surface area contributed by atoms with E-state index in [0.29, 0.717) is 23.5 Å². The molecule has 2 N–H and O–H groups in total. The molecule has 3 aliphatic rings. The molecule has 4 heterocycles. The number of nitrogens with zero attached hydrogens (tertiary/aromatic N) is 4. The van der Waals surface area contributed by atoms with E-state index < -0.39 is 49.7 Å². The Morgan fingerprint density at radius 1 is 1.26 bits per heavy atom. The lowest BCUT2D eigenvalue weighted by molar-refractivity contribution is -0.196. The fourth-order valence-electron chi connectivity index (χ4n) is 5.35. The van der Waals surface area contributed by atoms with Gasteiger partial charge < -0.3 is 25.0 Å². The maximum atomic E-state index is 14.0. The van der Waals surface area contributed by atoms with E-state index in [0.717, 1.165) is 27.2 Å². The molecule has 206 valence electrons. The first kappa shape index (κ1) is 25.8. The highest BCUT2D eigenvalue weighted by atomic mass is 32.1. The third kappa shape index (κ3) is 4.90. The van der Waals surface area contributed by atoms with Crippen LogP contribution in [0.15, 0.2) is 42.0 Å². The smallest absolute Gasteiger partial charge is 0.412 e. The topological polar surface area (TPSA) is 106 Å². The minimum absolute atomic E-state index is 0.265. The average molecular weight is 562 g/mol. The molecule has 1 aliphatic carbocycles. The largest absolute Gasteiger partial charge is 0.490 e. The van der Waals surface area contributed by atoms with Crippen LogP contribution in [0.2, 0.25) is 0 Å². The molecule has 2 aliphatic heterocycles. The van der Waals surface area contributed by atoms with Gasteiger partial charge in [0.2, 0.25) is 11.8 Å². The number of nitrogens with two attached hydrogens (primary N) is 1. The number of thiophene rings is 1. The van der Waals surface area contributed by atoms with Crippen molar-refractivity contribution in [3.05, 3.63) is 58.0 Å². The normalized spacial score (nSPS) is 24.0. The van der Waals surface area contributed by atoms with Crippen LogP contribution in [0.4, 0.5) is 13.2 Å². The number of amides is 2. The van der Waals surface area contributed by atoms with Gasteiger partial charge in [0.25, 0.3) is 0 Å². The average Bonchev–Trinajstić information content (AvgIpc) is 3.21. The number of fused-ring (bicyclic) bond motifs is 2. The van der Waals surface area contributed by atoms with Crippen LogP contribution in [0.25, 0.3) is 11.1 Å². The molecule has 0 saturated carbocycles. The predicted molar refractivity (Wildman–Crippen MR) is 134 cm³/mol. The summed E-state index contributed by atoms with van der Waals surface area (Å²) >= 11 is 1.21. The van der Waals surface area contributed by atoms with Gasteiger partial charge in [0, 0.05) is 18.8 Å².